The summed E-state index contributed by atoms with van der Waals surface area (Å²) < 4.78 is 15.3. The van der Waals surface area contributed by atoms with Gasteiger partial charge in [0, 0.05) is 18.2 Å². The first kappa shape index (κ1) is 18.6. The molecule has 1 unspecified atom stereocenters. The number of rotatable bonds is 3. The molecule has 18 heavy (non-hydrogen) atoms. The number of pyridine rings is 1. The quantitative estimate of drug-likeness (QED) is 0.396. The van der Waals surface area contributed by atoms with Gasteiger partial charge in [-0.25, -0.2) is 0 Å². The minimum absolute atomic E-state index is 0. The van der Waals surface area contributed by atoms with Gasteiger partial charge in [-0.15, -0.1) is 4.67 Å². The van der Waals surface area contributed by atoms with E-state index in [1.54, 1.807) is 24.4 Å². The van der Waals surface area contributed by atoms with E-state index in [0.717, 1.165) is 12.1 Å². The summed E-state index contributed by atoms with van der Waals surface area (Å²) in [5.74, 6) is 0.314. The number of hydrogen-bond acceptors (Lipinski definition) is 4. The van der Waals surface area contributed by atoms with Crippen molar-refractivity contribution in [2.45, 2.75) is 0 Å². The van der Waals surface area contributed by atoms with E-state index in [0.29, 0.717) is 11.3 Å². The molecule has 1 aromatic carbocycles. The fourth-order valence-corrected chi connectivity index (χ4v) is 1.47. The van der Waals surface area contributed by atoms with Crippen molar-refractivity contribution in [3.8, 4) is 5.75 Å². The summed E-state index contributed by atoms with van der Waals surface area (Å²) in [6.45, 7) is 1.05. The Kier molecular flexibility index (Phi) is 8.26. The molecule has 0 fully saturated rings. The van der Waals surface area contributed by atoms with Crippen LogP contribution in [-0.2, 0) is 9.24 Å². The van der Waals surface area contributed by atoms with Gasteiger partial charge < -0.3 is 9.78 Å². The van der Waals surface area contributed by atoms with E-state index < -0.39 is 7.60 Å². The summed E-state index contributed by atoms with van der Waals surface area (Å²) in [4.78, 5) is 17.9. The molecule has 0 aliphatic rings. The Morgan fingerprint density at radius 3 is 2.56 bits per heavy atom. The average molecular weight is 287 g/mol. The zero-order valence-corrected chi connectivity index (χ0v) is 9.42. The van der Waals surface area contributed by atoms with Gasteiger partial charge in [0.1, 0.15) is 5.52 Å². The number of fused-ring (bicyclic) bond motifs is 1. The maximum absolute atomic E-state index is 10.9. The molecule has 1 atom stereocenters. The SMILES string of the molecule is CP(=O)(O)OOc1cccc2cccnc12.[NaH].[NaH]. The number of benzene rings is 1. The van der Waals surface area contributed by atoms with Crippen LogP contribution in [0, 0.1) is 0 Å². The molecule has 2 aromatic rings. The van der Waals surface area contributed by atoms with Gasteiger partial charge in [0.25, 0.3) is 0 Å². The van der Waals surface area contributed by atoms with Gasteiger partial charge in [-0.2, -0.15) is 0 Å². The second-order valence-corrected chi connectivity index (χ2v) is 5.05. The van der Waals surface area contributed by atoms with Crippen LogP contribution in [0.1, 0.15) is 0 Å². The van der Waals surface area contributed by atoms with E-state index in [2.05, 4.69) is 9.66 Å². The van der Waals surface area contributed by atoms with Crippen LogP contribution < -0.4 is 4.89 Å². The Balaban J connectivity index is 0.00000144. The fourth-order valence-electron chi connectivity index (χ4n) is 1.25. The Bertz CT molecular complexity index is 555. The Hall–Kier alpha value is 0.580. The molecule has 1 N–H and O–H groups in total. The first-order chi connectivity index (χ1) is 7.56. The monoisotopic (exact) mass is 287 g/mol. The van der Waals surface area contributed by atoms with Gasteiger partial charge in [0.2, 0.25) is 0 Å². The molecule has 88 valence electrons. The van der Waals surface area contributed by atoms with Crippen LogP contribution in [0.4, 0.5) is 0 Å². The van der Waals surface area contributed by atoms with Crippen molar-refractivity contribution in [2.75, 3.05) is 6.66 Å². The predicted octanol–water partition coefficient (Wildman–Crippen LogP) is 1.06. The van der Waals surface area contributed by atoms with Crippen molar-refractivity contribution in [1.29, 1.82) is 0 Å². The minimum atomic E-state index is -3.66. The number of aromatic nitrogens is 1. The molecule has 0 saturated carbocycles. The molecule has 0 saturated heterocycles. The zero-order valence-electron chi connectivity index (χ0n) is 8.53. The van der Waals surface area contributed by atoms with Crippen LogP contribution in [0.15, 0.2) is 36.5 Å². The van der Waals surface area contributed by atoms with Crippen molar-refractivity contribution in [2.24, 2.45) is 0 Å². The van der Waals surface area contributed by atoms with E-state index in [9.17, 15) is 4.57 Å². The molecule has 0 radical (unpaired) electrons. The average Bonchev–Trinajstić information content (AvgIpc) is 2.25. The van der Waals surface area contributed by atoms with Gasteiger partial charge in [-0.3, -0.25) is 9.55 Å². The van der Waals surface area contributed by atoms with E-state index in [1.165, 1.54) is 0 Å². The second-order valence-electron chi connectivity index (χ2n) is 3.29. The summed E-state index contributed by atoms with van der Waals surface area (Å²) in [5, 5.41) is 0.868. The number of nitrogens with zero attached hydrogens (tertiary/aromatic N) is 1. The fraction of sp³-hybridized carbons (Fsp3) is 0.100. The van der Waals surface area contributed by atoms with Crippen LogP contribution in [0.3, 0.4) is 0 Å². The number of para-hydroxylation sites is 1. The Labute approximate surface area is 149 Å². The number of hydrogen-bond donors (Lipinski definition) is 1. The first-order valence-electron chi connectivity index (χ1n) is 4.56. The Morgan fingerprint density at radius 1 is 1.22 bits per heavy atom. The van der Waals surface area contributed by atoms with Crippen molar-refractivity contribution in [3.05, 3.63) is 36.5 Å². The molecule has 0 aliphatic carbocycles. The molecule has 0 spiro atoms. The molecule has 0 amide bonds. The van der Waals surface area contributed by atoms with Crippen LogP contribution in [0.25, 0.3) is 10.9 Å². The van der Waals surface area contributed by atoms with E-state index in [-0.39, 0.29) is 59.1 Å². The summed E-state index contributed by atoms with van der Waals surface area (Å²) in [5.41, 5.74) is 0.582. The second kappa shape index (κ2) is 8.00. The molecule has 2 rings (SSSR count). The van der Waals surface area contributed by atoms with Crippen LogP contribution in [-0.4, -0.2) is 75.7 Å². The predicted molar refractivity (Wildman–Crippen MR) is 73.5 cm³/mol. The van der Waals surface area contributed by atoms with Gasteiger partial charge in [0.15, 0.2) is 5.75 Å². The molecule has 5 nitrogen and oxygen atoms in total. The summed E-state index contributed by atoms with van der Waals surface area (Å²) in [7, 11) is -3.66. The maximum atomic E-state index is 10.9. The summed E-state index contributed by atoms with van der Waals surface area (Å²) in [6, 6.07) is 8.88. The third-order valence-corrected chi connectivity index (χ3v) is 2.21. The molecule has 1 heterocycles. The van der Waals surface area contributed by atoms with Crippen LogP contribution in [0.2, 0.25) is 0 Å². The van der Waals surface area contributed by atoms with Crippen molar-refractivity contribution in [1.82, 2.24) is 4.98 Å². The normalized spacial score (nSPS) is 13.0. The van der Waals surface area contributed by atoms with Crippen molar-refractivity contribution >= 4 is 77.6 Å². The standard InChI is InChI=1S/C10H10NO4P.2Na.2H/c1-16(12,13)15-14-9-6-2-4-8-5-3-7-11-10(8)9;;;;/h2-7H,1H3,(H,12,13);;;;. The Morgan fingerprint density at radius 2 is 1.89 bits per heavy atom. The molecular weight excluding hydrogens is 275 g/mol. The van der Waals surface area contributed by atoms with Crippen molar-refractivity contribution < 1.29 is 19.0 Å². The molecule has 1 aromatic heterocycles. The third kappa shape index (κ3) is 5.29. The summed E-state index contributed by atoms with van der Waals surface area (Å²) >= 11 is 0. The van der Waals surface area contributed by atoms with Gasteiger partial charge >= 0.3 is 66.7 Å². The summed E-state index contributed by atoms with van der Waals surface area (Å²) in [6.07, 6.45) is 1.61. The molecule has 8 heteroatoms. The van der Waals surface area contributed by atoms with Crippen molar-refractivity contribution in [3.63, 3.8) is 0 Å². The van der Waals surface area contributed by atoms with Crippen LogP contribution in [0.5, 0.6) is 5.75 Å². The van der Waals surface area contributed by atoms with Gasteiger partial charge in [0.05, 0.1) is 0 Å². The molecular formula is C10H12NNa2O4P. The van der Waals surface area contributed by atoms with Crippen LogP contribution >= 0.6 is 7.60 Å². The zero-order chi connectivity index (χ0) is 11.6. The van der Waals surface area contributed by atoms with E-state index in [4.69, 9.17) is 9.78 Å². The molecule has 0 bridgehead atoms. The third-order valence-electron chi connectivity index (χ3n) is 1.86. The van der Waals surface area contributed by atoms with E-state index >= 15 is 0 Å². The van der Waals surface area contributed by atoms with Gasteiger partial charge in [-0.05, 0) is 12.1 Å². The first-order valence-corrected chi connectivity index (χ1v) is 6.59. The molecule has 0 aliphatic heterocycles. The van der Waals surface area contributed by atoms with Gasteiger partial charge in [-0.1, -0.05) is 18.2 Å². The van der Waals surface area contributed by atoms with E-state index in [1.807, 2.05) is 12.1 Å². The topological polar surface area (TPSA) is 68.7 Å².